The van der Waals surface area contributed by atoms with E-state index >= 15 is 0 Å². The largest absolute Gasteiger partial charge is 0.449 e. The van der Waals surface area contributed by atoms with Crippen molar-refractivity contribution in [2.24, 2.45) is 0 Å². The third-order valence-corrected chi connectivity index (χ3v) is 2.34. The van der Waals surface area contributed by atoms with Crippen LogP contribution in [0.5, 0.6) is 0 Å². The highest BCUT2D eigenvalue weighted by Gasteiger charge is 2.37. The van der Waals surface area contributed by atoms with Gasteiger partial charge in [-0.1, -0.05) is 6.08 Å². The summed E-state index contributed by atoms with van der Waals surface area (Å²) >= 11 is 0. The quantitative estimate of drug-likeness (QED) is 0.649. The summed E-state index contributed by atoms with van der Waals surface area (Å²) in [6.07, 6.45) is -3.09. The maximum atomic E-state index is 12.8. The van der Waals surface area contributed by atoms with Crippen LogP contribution in [-0.4, -0.2) is 9.55 Å². The molecule has 17 heavy (non-hydrogen) atoms. The molecule has 0 unspecified atom stereocenters. The summed E-state index contributed by atoms with van der Waals surface area (Å²) in [6.45, 7) is 3.49. The van der Waals surface area contributed by atoms with E-state index in [1.54, 1.807) is 6.07 Å². The molecular formula is C11H10F3N3. The predicted molar refractivity (Wildman–Crippen MR) is 59.3 cm³/mol. The molecular weight excluding hydrogens is 231 g/mol. The van der Waals surface area contributed by atoms with Crippen molar-refractivity contribution in [3.8, 4) is 0 Å². The minimum absolute atomic E-state index is 0.0509. The lowest BCUT2D eigenvalue weighted by Crippen LogP contribution is -2.14. The Bertz CT molecular complexity index is 569. The van der Waals surface area contributed by atoms with Gasteiger partial charge in [0.2, 0.25) is 5.82 Å². The van der Waals surface area contributed by atoms with Crippen molar-refractivity contribution in [1.82, 2.24) is 9.55 Å². The van der Waals surface area contributed by atoms with Crippen molar-refractivity contribution in [2.75, 3.05) is 5.73 Å². The Labute approximate surface area is 95.4 Å². The molecule has 0 fully saturated rings. The van der Waals surface area contributed by atoms with Gasteiger partial charge in [-0.05, 0) is 18.2 Å². The number of halogens is 3. The molecule has 0 saturated carbocycles. The number of alkyl halides is 3. The molecule has 0 bridgehead atoms. The molecule has 0 atom stereocenters. The summed E-state index contributed by atoms with van der Waals surface area (Å²) in [4.78, 5) is 3.57. The molecule has 2 N–H and O–H groups in total. The Balaban J connectivity index is 2.74. The SMILES string of the molecule is C=CCn1c(C(F)(F)F)nc2cc(N)ccc21. The molecule has 0 aliphatic rings. The van der Waals surface area contributed by atoms with Gasteiger partial charge in [0.25, 0.3) is 0 Å². The van der Waals surface area contributed by atoms with Crippen LogP contribution in [0.15, 0.2) is 30.9 Å². The van der Waals surface area contributed by atoms with Gasteiger partial charge in [0.1, 0.15) is 0 Å². The summed E-state index contributed by atoms with van der Waals surface area (Å²) in [5.74, 6) is -0.932. The molecule has 1 heterocycles. The Morgan fingerprint density at radius 2 is 2.12 bits per heavy atom. The minimum atomic E-state index is -4.49. The van der Waals surface area contributed by atoms with Gasteiger partial charge >= 0.3 is 6.18 Å². The van der Waals surface area contributed by atoms with E-state index in [1.807, 2.05) is 0 Å². The molecule has 0 saturated heterocycles. The van der Waals surface area contributed by atoms with Gasteiger partial charge < -0.3 is 10.3 Å². The zero-order chi connectivity index (χ0) is 12.6. The van der Waals surface area contributed by atoms with E-state index in [1.165, 1.54) is 18.2 Å². The summed E-state index contributed by atoms with van der Waals surface area (Å²) in [5.41, 5.74) is 6.53. The lowest BCUT2D eigenvalue weighted by Gasteiger charge is -2.08. The molecule has 3 nitrogen and oxygen atoms in total. The van der Waals surface area contributed by atoms with E-state index in [9.17, 15) is 13.2 Å². The maximum Gasteiger partial charge on any atom is 0.449 e. The Hall–Kier alpha value is -1.98. The topological polar surface area (TPSA) is 43.8 Å². The number of aromatic nitrogens is 2. The Morgan fingerprint density at radius 3 is 2.71 bits per heavy atom. The zero-order valence-corrected chi connectivity index (χ0v) is 8.83. The minimum Gasteiger partial charge on any atom is -0.399 e. The van der Waals surface area contributed by atoms with E-state index in [0.29, 0.717) is 11.2 Å². The lowest BCUT2D eigenvalue weighted by atomic mass is 10.3. The smallest absolute Gasteiger partial charge is 0.399 e. The van der Waals surface area contributed by atoms with Gasteiger partial charge in [0, 0.05) is 12.2 Å². The average Bonchev–Trinajstić information content (AvgIpc) is 2.56. The lowest BCUT2D eigenvalue weighted by molar-refractivity contribution is -0.146. The van der Waals surface area contributed by atoms with Crippen molar-refractivity contribution in [3.05, 3.63) is 36.7 Å². The number of benzene rings is 1. The number of nitrogen functional groups attached to an aromatic ring is 1. The second-order valence-corrected chi connectivity index (χ2v) is 3.58. The number of nitrogens with zero attached hydrogens (tertiary/aromatic N) is 2. The molecule has 1 aromatic carbocycles. The van der Waals surface area contributed by atoms with Gasteiger partial charge in [0.15, 0.2) is 0 Å². The second kappa shape index (κ2) is 3.80. The average molecular weight is 241 g/mol. The molecule has 90 valence electrons. The molecule has 2 rings (SSSR count). The molecule has 0 aliphatic carbocycles. The van der Waals surface area contributed by atoms with Gasteiger partial charge in [-0.25, -0.2) is 4.98 Å². The van der Waals surface area contributed by atoms with Crippen LogP contribution in [0.3, 0.4) is 0 Å². The highest BCUT2D eigenvalue weighted by atomic mass is 19.4. The predicted octanol–water partition coefficient (Wildman–Crippen LogP) is 2.82. The Morgan fingerprint density at radius 1 is 1.41 bits per heavy atom. The van der Waals surface area contributed by atoms with E-state index in [4.69, 9.17) is 5.73 Å². The summed E-state index contributed by atoms with van der Waals surface area (Å²) in [5, 5.41) is 0. The number of hydrogen-bond acceptors (Lipinski definition) is 2. The highest BCUT2D eigenvalue weighted by Crippen LogP contribution is 2.31. The number of anilines is 1. The van der Waals surface area contributed by atoms with Crippen molar-refractivity contribution in [2.45, 2.75) is 12.7 Å². The van der Waals surface area contributed by atoms with Crippen molar-refractivity contribution >= 4 is 16.7 Å². The molecule has 0 spiro atoms. The molecule has 1 aromatic heterocycles. The Kier molecular flexibility index (Phi) is 2.57. The maximum absolute atomic E-state index is 12.8. The van der Waals surface area contributed by atoms with Gasteiger partial charge in [-0.3, -0.25) is 0 Å². The highest BCUT2D eigenvalue weighted by molar-refractivity contribution is 5.79. The first-order valence-corrected chi connectivity index (χ1v) is 4.87. The number of rotatable bonds is 2. The second-order valence-electron chi connectivity index (χ2n) is 3.58. The van der Waals surface area contributed by atoms with Crippen LogP contribution in [-0.2, 0) is 12.7 Å². The van der Waals surface area contributed by atoms with Crippen LogP contribution in [0.4, 0.5) is 18.9 Å². The number of nitrogens with two attached hydrogens (primary N) is 1. The third kappa shape index (κ3) is 1.98. The number of allylic oxidation sites excluding steroid dienone is 1. The van der Waals surface area contributed by atoms with Crippen molar-refractivity contribution in [3.63, 3.8) is 0 Å². The van der Waals surface area contributed by atoms with Crippen LogP contribution in [0, 0.1) is 0 Å². The molecule has 0 amide bonds. The fourth-order valence-corrected chi connectivity index (χ4v) is 1.68. The van der Waals surface area contributed by atoms with E-state index in [0.717, 1.165) is 4.57 Å². The molecule has 2 aromatic rings. The number of fused-ring (bicyclic) bond motifs is 1. The van der Waals surface area contributed by atoms with E-state index in [2.05, 4.69) is 11.6 Å². The number of hydrogen-bond donors (Lipinski definition) is 1. The molecule has 0 aliphatic heterocycles. The van der Waals surface area contributed by atoms with Crippen molar-refractivity contribution < 1.29 is 13.2 Å². The van der Waals surface area contributed by atoms with E-state index < -0.39 is 12.0 Å². The van der Waals surface area contributed by atoms with Crippen LogP contribution < -0.4 is 5.73 Å². The van der Waals surface area contributed by atoms with E-state index in [-0.39, 0.29) is 12.1 Å². The standard InChI is InChI=1S/C11H10F3N3/c1-2-5-17-9-4-3-7(15)6-8(9)16-10(17)11(12,13)14/h2-4,6H,1,5,15H2. The first-order valence-electron chi connectivity index (χ1n) is 4.87. The summed E-state index contributed by atoms with van der Waals surface area (Å²) < 4.78 is 39.4. The first-order chi connectivity index (χ1) is 7.93. The molecule has 0 radical (unpaired) electrons. The third-order valence-electron chi connectivity index (χ3n) is 2.34. The van der Waals surface area contributed by atoms with Crippen LogP contribution in [0.2, 0.25) is 0 Å². The zero-order valence-electron chi connectivity index (χ0n) is 8.83. The summed E-state index contributed by atoms with van der Waals surface area (Å²) in [6, 6.07) is 4.49. The fraction of sp³-hybridized carbons (Fsp3) is 0.182. The van der Waals surface area contributed by atoms with Gasteiger partial charge in [-0.2, -0.15) is 13.2 Å². The molecule has 6 heteroatoms. The van der Waals surface area contributed by atoms with Crippen LogP contribution >= 0.6 is 0 Å². The first kappa shape index (κ1) is 11.5. The monoisotopic (exact) mass is 241 g/mol. The summed E-state index contributed by atoms with van der Waals surface area (Å²) in [7, 11) is 0. The fourth-order valence-electron chi connectivity index (χ4n) is 1.68. The van der Waals surface area contributed by atoms with Crippen LogP contribution in [0.25, 0.3) is 11.0 Å². The van der Waals surface area contributed by atoms with Gasteiger partial charge in [0.05, 0.1) is 11.0 Å². The number of imidazole rings is 1. The van der Waals surface area contributed by atoms with Gasteiger partial charge in [-0.15, -0.1) is 6.58 Å². The van der Waals surface area contributed by atoms with Crippen molar-refractivity contribution in [1.29, 1.82) is 0 Å². The normalized spacial score (nSPS) is 11.9. The van der Waals surface area contributed by atoms with Crippen LogP contribution in [0.1, 0.15) is 5.82 Å².